The molecule has 1 rings (SSSR count). The maximum atomic E-state index is 12.7. The molecule has 7 heteroatoms. The van der Waals surface area contributed by atoms with E-state index < -0.39 is 35.6 Å². The molecule has 1 aromatic carbocycles. The number of hydrogen-bond donors (Lipinski definition) is 3. The molecular weight excluding hydrogens is 346 g/mol. The molecule has 2 atom stereocenters. The van der Waals surface area contributed by atoms with Crippen LogP contribution in [0.15, 0.2) is 30.3 Å². The second kappa shape index (κ2) is 9.94. The molecule has 0 bridgehead atoms. The lowest BCUT2D eigenvalue weighted by Crippen LogP contribution is -2.54. The zero-order chi connectivity index (χ0) is 20.6. The van der Waals surface area contributed by atoms with Gasteiger partial charge in [0, 0.05) is 6.42 Å². The van der Waals surface area contributed by atoms with Gasteiger partial charge in [-0.1, -0.05) is 44.2 Å². The van der Waals surface area contributed by atoms with E-state index in [0.29, 0.717) is 6.42 Å². The summed E-state index contributed by atoms with van der Waals surface area (Å²) < 4.78 is 5.23. The van der Waals surface area contributed by atoms with Crippen LogP contribution in [0.3, 0.4) is 0 Å². The lowest BCUT2D eigenvalue weighted by atomic mass is 10.0. The zero-order valence-electron chi connectivity index (χ0n) is 16.7. The lowest BCUT2D eigenvalue weighted by molar-refractivity contribution is -0.128. The summed E-state index contributed by atoms with van der Waals surface area (Å²) in [5.74, 6) is -0.945. The summed E-state index contributed by atoms with van der Waals surface area (Å²) in [5, 5.41) is 5.24. The van der Waals surface area contributed by atoms with Gasteiger partial charge in [-0.2, -0.15) is 0 Å². The monoisotopic (exact) mass is 377 g/mol. The van der Waals surface area contributed by atoms with E-state index in [9.17, 15) is 14.4 Å². The van der Waals surface area contributed by atoms with Crippen molar-refractivity contribution in [2.45, 2.75) is 65.1 Å². The van der Waals surface area contributed by atoms with Gasteiger partial charge in [0.2, 0.25) is 11.8 Å². The molecule has 0 heterocycles. The standard InChI is InChI=1S/C20H31N3O4/c1-13(2)11-16(23-19(26)27-20(3,4)5)18(25)22-15(17(21)24)12-14-9-7-6-8-10-14/h6-10,13,15-16H,11-12H2,1-5H3,(H2,21,24)(H,22,25)(H,23,26)/t15-,16-/m0/s1. The third-order valence-corrected chi connectivity index (χ3v) is 3.66. The molecule has 1 aromatic rings. The predicted molar refractivity (Wildman–Crippen MR) is 104 cm³/mol. The highest BCUT2D eigenvalue weighted by atomic mass is 16.6. The Balaban J connectivity index is 2.82. The van der Waals surface area contributed by atoms with Gasteiger partial charge in [-0.05, 0) is 38.7 Å². The van der Waals surface area contributed by atoms with Gasteiger partial charge >= 0.3 is 6.09 Å². The Labute approximate surface area is 161 Å². The zero-order valence-corrected chi connectivity index (χ0v) is 16.7. The van der Waals surface area contributed by atoms with Crippen molar-refractivity contribution >= 4 is 17.9 Å². The van der Waals surface area contributed by atoms with E-state index in [2.05, 4.69) is 10.6 Å². The van der Waals surface area contributed by atoms with Gasteiger partial charge in [0.1, 0.15) is 17.7 Å². The Morgan fingerprint density at radius 1 is 1.04 bits per heavy atom. The molecule has 4 N–H and O–H groups in total. The van der Waals surface area contributed by atoms with Crippen molar-refractivity contribution in [3.8, 4) is 0 Å². The average Bonchev–Trinajstić information content (AvgIpc) is 2.52. The summed E-state index contributed by atoms with van der Waals surface area (Å²) in [6, 6.07) is 7.58. The van der Waals surface area contributed by atoms with Crippen LogP contribution in [-0.2, 0) is 20.7 Å². The first-order valence-corrected chi connectivity index (χ1v) is 9.11. The van der Waals surface area contributed by atoms with E-state index in [4.69, 9.17) is 10.5 Å². The lowest BCUT2D eigenvalue weighted by Gasteiger charge is -2.25. The molecule has 0 fully saturated rings. The van der Waals surface area contributed by atoms with Gasteiger partial charge in [0.25, 0.3) is 0 Å². The summed E-state index contributed by atoms with van der Waals surface area (Å²) >= 11 is 0. The number of benzene rings is 1. The molecule has 0 spiro atoms. The Bertz CT molecular complexity index is 638. The molecule has 0 saturated carbocycles. The summed E-state index contributed by atoms with van der Waals surface area (Å²) in [4.78, 5) is 36.5. The molecule has 150 valence electrons. The minimum absolute atomic E-state index is 0.150. The average molecular weight is 377 g/mol. The highest BCUT2D eigenvalue weighted by Gasteiger charge is 2.28. The molecule has 0 aliphatic carbocycles. The highest BCUT2D eigenvalue weighted by Crippen LogP contribution is 2.10. The molecular formula is C20H31N3O4. The van der Waals surface area contributed by atoms with Crippen molar-refractivity contribution < 1.29 is 19.1 Å². The number of amides is 3. The van der Waals surface area contributed by atoms with Gasteiger partial charge in [-0.25, -0.2) is 4.79 Å². The van der Waals surface area contributed by atoms with Crippen LogP contribution in [0.1, 0.15) is 46.6 Å². The van der Waals surface area contributed by atoms with Gasteiger partial charge in [0.05, 0.1) is 0 Å². The molecule has 0 saturated heterocycles. The highest BCUT2D eigenvalue weighted by molar-refractivity contribution is 5.90. The first kappa shape index (κ1) is 22.5. The number of carbonyl (C=O) groups is 3. The van der Waals surface area contributed by atoms with Crippen LogP contribution < -0.4 is 16.4 Å². The number of ether oxygens (including phenoxy) is 1. The van der Waals surface area contributed by atoms with Crippen molar-refractivity contribution in [1.82, 2.24) is 10.6 Å². The number of nitrogens with one attached hydrogen (secondary N) is 2. The van der Waals surface area contributed by atoms with E-state index in [-0.39, 0.29) is 12.3 Å². The fourth-order valence-corrected chi connectivity index (χ4v) is 2.50. The quantitative estimate of drug-likeness (QED) is 0.644. The number of carbonyl (C=O) groups excluding carboxylic acids is 3. The Kier molecular flexibility index (Phi) is 8.28. The number of primary amides is 1. The van der Waals surface area contributed by atoms with E-state index >= 15 is 0 Å². The van der Waals surface area contributed by atoms with E-state index in [1.54, 1.807) is 20.8 Å². The van der Waals surface area contributed by atoms with Crippen LogP contribution >= 0.6 is 0 Å². The number of hydrogen-bond acceptors (Lipinski definition) is 4. The molecule has 0 radical (unpaired) electrons. The number of nitrogens with two attached hydrogens (primary N) is 1. The van der Waals surface area contributed by atoms with Crippen LogP contribution in [0.2, 0.25) is 0 Å². The summed E-state index contributed by atoms with van der Waals surface area (Å²) in [6.07, 6.45) is 0.00645. The topological polar surface area (TPSA) is 111 Å². The Morgan fingerprint density at radius 2 is 1.63 bits per heavy atom. The second-order valence-electron chi connectivity index (χ2n) is 7.98. The first-order valence-electron chi connectivity index (χ1n) is 9.11. The van der Waals surface area contributed by atoms with Crippen molar-refractivity contribution in [1.29, 1.82) is 0 Å². The van der Waals surface area contributed by atoms with Gasteiger partial charge in [-0.15, -0.1) is 0 Å². The van der Waals surface area contributed by atoms with Gasteiger partial charge in [0.15, 0.2) is 0 Å². The largest absolute Gasteiger partial charge is 0.444 e. The fraction of sp³-hybridized carbons (Fsp3) is 0.550. The molecule has 0 aromatic heterocycles. The van der Waals surface area contributed by atoms with Crippen LogP contribution in [0.4, 0.5) is 4.79 Å². The molecule has 27 heavy (non-hydrogen) atoms. The van der Waals surface area contributed by atoms with Gasteiger partial charge < -0.3 is 21.1 Å². The van der Waals surface area contributed by atoms with Gasteiger partial charge in [-0.3, -0.25) is 9.59 Å². The van der Waals surface area contributed by atoms with Crippen molar-refractivity contribution in [2.75, 3.05) is 0 Å². The van der Waals surface area contributed by atoms with Crippen molar-refractivity contribution in [3.63, 3.8) is 0 Å². The second-order valence-corrected chi connectivity index (χ2v) is 7.98. The third kappa shape index (κ3) is 9.08. The first-order chi connectivity index (χ1) is 12.5. The van der Waals surface area contributed by atoms with Crippen LogP contribution in [0.25, 0.3) is 0 Å². The molecule has 0 unspecified atom stereocenters. The predicted octanol–water partition coefficient (Wildman–Crippen LogP) is 2.14. The maximum absolute atomic E-state index is 12.7. The SMILES string of the molecule is CC(C)C[C@H](NC(=O)OC(C)(C)C)C(=O)N[C@@H](Cc1ccccc1)C(N)=O. The normalized spacial score (nSPS) is 13.6. The maximum Gasteiger partial charge on any atom is 0.408 e. The summed E-state index contributed by atoms with van der Waals surface area (Å²) in [7, 11) is 0. The summed E-state index contributed by atoms with van der Waals surface area (Å²) in [5.41, 5.74) is 5.66. The Morgan fingerprint density at radius 3 is 2.11 bits per heavy atom. The minimum atomic E-state index is -0.866. The van der Waals surface area contributed by atoms with E-state index in [1.165, 1.54) is 0 Å². The van der Waals surface area contributed by atoms with E-state index in [1.807, 2.05) is 44.2 Å². The molecule has 0 aliphatic rings. The van der Waals surface area contributed by atoms with Crippen LogP contribution in [0, 0.1) is 5.92 Å². The van der Waals surface area contributed by atoms with Crippen molar-refractivity contribution in [2.24, 2.45) is 11.7 Å². The molecule has 7 nitrogen and oxygen atoms in total. The smallest absolute Gasteiger partial charge is 0.408 e. The Hall–Kier alpha value is -2.57. The minimum Gasteiger partial charge on any atom is -0.444 e. The van der Waals surface area contributed by atoms with Crippen LogP contribution in [-0.4, -0.2) is 35.6 Å². The fourth-order valence-electron chi connectivity index (χ4n) is 2.50. The number of alkyl carbamates (subject to hydrolysis) is 1. The van der Waals surface area contributed by atoms with Crippen LogP contribution in [0.5, 0.6) is 0 Å². The van der Waals surface area contributed by atoms with Crippen molar-refractivity contribution in [3.05, 3.63) is 35.9 Å². The molecule has 3 amide bonds. The number of rotatable bonds is 8. The summed E-state index contributed by atoms with van der Waals surface area (Å²) in [6.45, 7) is 9.10. The van der Waals surface area contributed by atoms with E-state index in [0.717, 1.165) is 5.56 Å². The third-order valence-electron chi connectivity index (χ3n) is 3.66. The molecule has 0 aliphatic heterocycles.